The van der Waals surface area contributed by atoms with Crippen LogP contribution >= 0.6 is 0 Å². The van der Waals surface area contributed by atoms with Crippen molar-refractivity contribution in [2.45, 2.75) is 96.7 Å². The smallest absolute Gasteiger partial charge is 0.453 e. The van der Waals surface area contributed by atoms with Gasteiger partial charge in [0.15, 0.2) is 11.5 Å². The minimum Gasteiger partial charge on any atom is -0.453 e. The fourth-order valence-electron chi connectivity index (χ4n) is 9.00. The van der Waals surface area contributed by atoms with Crippen LogP contribution in [0.4, 0.5) is 4.79 Å². The molecule has 7 atom stereocenters. The van der Waals surface area contributed by atoms with Crippen molar-refractivity contribution in [1.29, 1.82) is 0 Å². The van der Waals surface area contributed by atoms with E-state index in [4.69, 9.17) is 28.4 Å². The van der Waals surface area contributed by atoms with Crippen molar-refractivity contribution in [3.05, 3.63) is 95.3 Å². The molecule has 2 aliphatic carbocycles. The molecule has 48 heavy (non-hydrogen) atoms. The van der Waals surface area contributed by atoms with E-state index in [-0.39, 0.29) is 36.4 Å². The van der Waals surface area contributed by atoms with Crippen LogP contribution in [0.15, 0.2) is 84.1 Å². The van der Waals surface area contributed by atoms with Crippen molar-refractivity contribution in [1.82, 2.24) is 0 Å². The quantitative estimate of drug-likeness (QED) is 0.175. The molecule has 254 valence electrons. The van der Waals surface area contributed by atoms with Crippen LogP contribution in [0.1, 0.15) is 78.9 Å². The molecule has 3 aliphatic heterocycles. The van der Waals surface area contributed by atoms with Crippen molar-refractivity contribution in [3.8, 4) is 0 Å². The molecule has 8 nitrogen and oxygen atoms in total. The van der Waals surface area contributed by atoms with E-state index in [2.05, 4.69) is 27.4 Å². The molecule has 2 saturated heterocycles. The number of esters is 1. The fourth-order valence-corrected chi connectivity index (χ4v) is 9.00. The summed E-state index contributed by atoms with van der Waals surface area (Å²) < 4.78 is 38.4. The van der Waals surface area contributed by atoms with Gasteiger partial charge in [0.05, 0.1) is 12.7 Å². The molecule has 2 aromatic carbocycles. The minimum absolute atomic E-state index is 0.00981. The summed E-state index contributed by atoms with van der Waals surface area (Å²) in [5.74, 6) is 0.884. The molecule has 0 N–H and O–H groups in total. The van der Waals surface area contributed by atoms with E-state index < -0.39 is 34.5 Å². The summed E-state index contributed by atoms with van der Waals surface area (Å²) in [7, 11) is 0. The van der Waals surface area contributed by atoms with Gasteiger partial charge in [-0.3, -0.25) is 0 Å². The number of hydrogen-bond donors (Lipinski definition) is 0. The van der Waals surface area contributed by atoms with E-state index >= 15 is 0 Å². The normalized spacial score (nSPS) is 34.6. The van der Waals surface area contributed by atoms with Crippen LogP contribution in [-0.4, -0.2) is 47.7 Å². The maximum absolute atomic E-state index is 13.6. The van der Waals surface area contributed by atoms with Crippen LogP contribution in [0.5, 0.6) is 0 Å². The number of ether oxygens (including phenoxy) is 6. The van der Waals surface area contributed by atoms with Gasteiger partial charge in [0.1, 0.15) is 28.7 Å². The summed E-state index contributed by atoms with van der Waals surface area (Å²) >= 11 is 0. The highest BCUT2D eigenvalue weighted by Gasteiger charge is 2.84. The predicted molar refractivity (Wildman–Crippen MR) is 180 cm³/mol. The van der Waals surface area contributed by atoms with Gasteiger partial charge in [0, 0.05) is 39.5 Å². The minimum atomic E-state index is -0.946. The fraction of sp³-hybridized carbons (Fsp3) is 0.500. The van der Waals surface area contributed by atoms with Crippen LogP contribution in [0, 0.1) is 23.2 Å². The van der Waals surface area contributed by atoms with E-state index in [9.17, 15) is 9.59 Å². The number of allylic oxidation sites excluding steroid dienone is 1. The summed E-state index contributed by atoms with van der Waals surface area (Å²) in [6.07, 6.45) is 0.556. The van der Waals surface area contributed by atoms with Gasteiger partial charge in [-0.15, -0.1) is 0 Å². The first-order valence-corrected chi connectivity index (χ1v) is 17.1. The molecule has 7 unspecified atom stereocenters. The Morgan fingerprint density at radius 1 is 1.00 bits per heavy atom. The number of benzene rings is 2. The molecule has 5 aliphatic rings. The third-order valence-electron chi connectivity index (χ3n) is 11.3. The second-order valence-corrected chi connectivity index (χ2v) is 15.6. The first-order valence-electron chi connectivity index (χ1n) is 17.1. The number of epoxide rings is 1. The van der Waals surface area contributed by atoms with Gasteiger partial charge in [0.25, 0.3) is 0 Å². The highest BCUT2D eigenvalue weighted by Crippen LogP contribution is 2.73. The Morgan fingerprint density at radius 3 is 2.27 bits per heavy atom. The van der Waals surface area contributed by atoms with Crippen LogP contribution in [0.3, 0.4) is 0 Å². The van der Waals surface area contributed by atoms with Crippen LogP contribution in [0.2, 0.25) is 0 Å². The molecule has 2 aromatic rings. The molecule has 7 rings (SSSR count). The lowest BCUT2D eigenvalue weighted by Gasteiger charge is -2.60. The zero-order valence-electron chi connectivity index (χ0n) is 29.0. The number of carbonyl (C=O) groups excluding carboxylic acids is 2. The molecule has 0 bridgehead atoms. The zero-order chi connectivity index (χ0) is 34.2. The average Bonchev–Trinajstić information content (AvgIpc) is 3.71. The Balaban J connectivity index is 1.30. The van der Waals surface area contributed by atoms with Crippen molar-refractivity contribution in [3.63, 3.8) is 0 Å². The molecule has 8 heteroatoms. The van der Waals surface area contributed by atoms with Gasteiger partial charge in [-0.25, -0.2) is 9.59 Å². The van der Waals surface area contributed by atoms with Crippen molar-refractivity contribution >= 4 is 23.6 Å². The molecular formula is C40H46O8. The Kier molecular flexibility index (Phi) is 7.72. The molecule has 0 aromatic heterocycles. The molecular weight excluding hydrogens is 608 g/mol. The van der Waals surface area contributed by atoms with Gasteiger partial charge >= 0.3 is 12.1 Å². The van der Waals surface area contributed by atoms with Crippen LogP contribution < -0.4 is 0 Å². The van der Waals surface area contributed by atoms with Crippen LogP contribution in [0.25, 0.3) is 11.5 Å². The zero-order valence-corrected chi connectivity index (χ0v) is 29.0. The van der Waals surface area contributed by atoms with Crippen molar-refractivity contribution < 1.29 is 38.0 Å². The monoisotopic (exact) mass is 654 g/mol. The summed E-state index contributed by atoms with van der Waals surface area (Å²) in [4.78, 5) is 26.8. The molecule has 3 heterocycles. The van der Waals surface area contributed by atoms with E-state index in [1.165, 1.54) is 0 Å². The Labute approximate surface area is 283 Å². The topological polar surface area (TPSA) is 92.8 Å². The first-order chi connectivity index (χ1) is 22.7. The predicted octanol–water partition coefficient (Wildman–Crippen LogP) is 8.24. The van der Waals surface area contributed by atoms with Crippen molar-refractivity contribution in [2.75, 3.05) is 6.61 Å². The second-order valence-electron chi connectivity index (χ2n) is 15.6. The maximum Gasteiger partial charge on any atom is 0.509 e. The third kappa shape index (κ3) is 4.94. The Bertz CT molecular complexity index is 1700. The SMILES string of the molecule is C=C(O/C(=C1/OC(=O)C2=C1C1COC3(C)C(OC(=O)OC(C)(C)C)C(C(C)C)CC4OC43C1(C)CC2)c1ccccc1)c1ccccc1. The molecule has 0 radical (unpaired) electrons. The number of fused-ring (bicyclic) bond motifs is 2. The van der Waals surface area contributed by atoms with Gasteiger partial charge in [-0.05, 0) is 52.9 Å². The second kappa shape index (κ2) is 11.3. The molecule has 1 spiro atoms. The Morgan fingerprint density at radius 2 is 1.65 bits per heavy atom. The lowest BCUT2D eigenvalue weighted by Crippen LogP contribution is -2.72. The van der Waals surface area contributed by atoms with E-state index in [1.54, 1.807) is 0 Å². The summed E-state index contributed by atoms with van der Waals surface area (Å²) in [6.45, 7) is 18.6. The molecule has 1 saturated carbocycles. The summed E-state index contributed by atoms with van der Waals surface area (Å²) in [5, 5.41) is 0. The lowest BCUT2D eigenvalue weighted by atomic mass is 9.49. The largest absolute Gasteiger partial charge is 0.509 e. The van der Waals surface area contributed by atoms with Crippen molar-refractivity contribution in [2.24, 2.45) is 23.2 Å². The van der Waals surface area contributed by atoms with Gasteiger partial charge < -0.3 is 28.4 Å². The van der Waals surface area contributed by atoms with E-state index in [0.29, 0.717) is 35.7 Å². The first kappa shape index (κ1) is 32.7. The van der Waals surface area contributed by atoms with Gasteiger partial charge in [-0.1, -0.05) is 88.0 Å². The van der Waals surface area contributed by atoms with Gasteiger partial charge in [0.2, 0.25) is 0 Å². The molecule has 3 fully saturated rings. The number of carbonyl (C=O) groups is 2. The maximum atomic E-state index is 13.6. The van der Waals surface area contributed by atoms with E-state index in [1.807, 2.05) is 88.4 Å². The highest BCUT2D eigenvalue weighted by molar-refractivity contribution is 5.97. The Hall–Kier alpha value is -3.88. The number of cyclic esters (lactones) is 1. The average molecular weight is 655 g/mol. The highest BCUT2D eigenvalue weighted by atomic mass is 16.7. The lowest BCUT2D eigenvalue weighted by molar-refractivity contribution is -0.258. The summed E-state index contributed by atoms with van der Waals surface area (Å²) in [6, 6.07) is 19.3. The summed E-state index contributed by atoms with van der Waals surface area (Å²) in [5.41, 5.74) is 0.162. The number of hydrogen-bond acceptors (Lipinski definition) is 8. The third-order valence-corrected chi connectivity index (χ3v) is 11.3. The standard InChI is InChI=1S/C40H46O8/c1-23(2)28-21-30-40(47-30)38(7)20-19-27-31(29(38)22-43-39(40,8)34(28)46-36(42)48-37(4,5)6)33(45-35(27)41)32(26-17-13-10-14-18-26)44-24(3)25-15-11-9-12-16-25/h9-18,23,28-30,34H,3,19-22H2,1-2,4-8H3/b33-32+. The van der Waals surface area contributed by atoms with E-state index in [0.717, 1.165) is 23.1 Å². The number of rotatable bonds is 6. The van der Waals surface area contributed by atoms with Crippen LogP contribution in [-0.2, 0) is 33.2 Å². The molecule has 0 amide bonds. The van der Waals surface area contributed by atoms with Gasteiger partial charge in [-0.2, -0.15) is 0 Å².